The van der Waals surface area contributed by atoms with Gasteiger partial charge in [-0.25, -0.2) is 8.78 Å². The van der Waals surface area contributed by atoms with E-state index < -0.39 is 21.9 Å². The Balaban J connectivity index is 0.000000291. The molecule has 23 heteroatoms. The van der Waals surface area contributed by atoms with Crippen LogP contribution >= 0.6 is 31.9 Å². The number of esters is 1. The summed E-state index contributed by atoms with van der Waals surface area (Å²) in [5.74, 6) is -1.93. The van der Waals surface area contributed by atoms with Crippen molar-refractivity contribution >= 4 is 89.9 Å². The van der Waals surface area contributed by atoms with Crippen molar-refractivity contribution in [3.63, 3.8) is 0 Å². The number of nitrogen functional groups attached to an aromatic ring is 3. The Morgan fingerprint density at radius 3 is 1.28 bits per heavy atom. The molecule has 0 amide bonds. The first kappa shape index (κ1) is 82.9. The minimum absolute atomic E-state index is 0.0362. The minimum Gasteiger partial charge on any atom is -0.466 e. The zero-order chi connectivity index (χ0) is 71.9. The first-order valence-electron chi connectivity index (χ1n) is 32.5. The fraction of sp³-hybridized carbons (Fsp3) is 0.432. The van der Waals surface area contributed by atoms with E-state index in [1.54, 1.807) is 25.1 Å². The topological polar surface area (TPSA) is 317 Å². The van der Waals surface area contributed by atoms with Crippen molar-refractivity contribution in [1.29, 1.82) is 0 Å². The second-order valence-electron chi connectivity index (χ2n) is 23.9. The van der Waals surface area contributed by atoms with Gasteiger partial charge >= 0.3 is 12.1 Å². The lowest BCUT2D eigenvalue weighted by atomic mass is 10.0. The molecule has 0 fully saturated rings. The number of alkyl halides is 4. The molecule has 5 aliphatic rings. The number of benzene rings is 6. The lowest BCUT2D eigenvalue weighted by Crippen LogP contribution is -2.27. The highest BCUT2D eigenvalue weighted by Crippen LogP contribution is 2.33. The van der Waals surface area contributed by atoms with E-state index in [-0.39, 0.29) is 42.7 Å². The first-order valence-corrected chi connectivity index (χ1v) is 34.7. The molecule has 0 saturated carbocycles. The van der Waals surface area contributed by atoms with Crippen LogP contribution in [-0.4, -0.2) is 88.0 Å². The highest BCUT2D eigenvalue weighted by Gasteiger charge is 2.31. The van der Waals surface area contributed by atoms with Crippen LogP contribution in [0.3, 0.4) is 0 Å². The van der Waals surface area contributed by atoms with Crippen LogP contribution in [0.2, 0.25) is 0 Å². The van der Waals surface area contributed by atoms with E-state index in [4.69, 9.17) is 42.1 Å². The Labute approximate surface area is 584 Å². The number of carbonyl (C=O) groups excluding carboxylic acids is 7. The number of nitro groups is 1. The van der Waals surface area contributed by atoms with Crippen LogP contribution in [0.15, 0.2) is 121 Å². The Morgan fingerprint density at radius 1 is 0.557 bits per heavy atom. The van der Waals surface area contributed by atoms with Crippen molar-refractivity contribution in [3.8, 4) is 0 Å². The van der Waals surface area contributed by atoms with Gasteiger partial charge in [0.05, 0.1) is 11.5 Å². The predicted octanol–water partition coefficient (Wildman–Crippen LogP) is 14.6. The summed E-state index contributed by atoms with van der Waals surface area (Å²) < 4.78 is 30.8. The summed E-state index contributed by atoms with van der Waals surface area (Å²) in [6, 6.07) is 40.1. The molecule has 0 spiro atoms. The molecule has 0 saturated heterocycles. The number of rotatable bonds is 9. The summed E-state index contributed by atoms with van der Waals surface area (Å²) in [5, 5.41) is 26.1. The summed E-state index contributed by atoms with van der Waals surface area (Å²) in [6.45, 7) is 3.98. The van der Waals surface area contributed by atoms with E-state index in [1.807, 2.05) is 43.3 Å². The SMILES string of the molecule is BrCc1ccccc1CBr.CCCC(=O)CC(=O)OCC.CN(C)C1CCc2ccc(N)cc2CC1.Nc1ccc2c(c1)CCC(=O)CC2.Nc1ccc2c(c1)CCC(F)(F)CC2.O=C1CCc2ccc([N+](=O)[O-])cc2CC1.O=C1CCc2ccccc2CC1.O=C=O.O=[N+]([O-])O. The van der Waals surface area contributed by atoms with Gasteiger partial charge in [-0.15, -0.1) is 10.1 Å². The Morgan fingerprint density at radius 2 is 0.887 bits per heavy atom. The van der Waals surface area contributed by atoms with Crippen LogP contribution < -0.4 is 17.2 Å². The number of nitrogens with two attached hydrogens (primary N) is 3. The maximum Gasteiger partial charge on any atom is 0.373 e. The molecule has 1 unspecified atom stereocenters. The number of Topliss-reactive ketones (excluding diaryl/α,β-unsaturated/α-hetero) is 4. The van der Waals surface area contributed by atoms with Gasteiger partial charge in [0, 0.05) is 104 Å². The van der Waals surface area contributed by atoms with Gasteiger partial charge in [-0.2, -0.15) is 9.59 Å². The third-order valence-electron chi connectivity index (χ3n) is 16.6. The Hall–Kier alpha value is -8.37. The molecule has 524 valence electrons. The number of anilines is 3. The van der Waals surface area contributed by atoms with Crippen molar-refractivity contribution in [2.24, 2.45) is 0 Å². The van der Waals surface area contributed by atoms with Gasteiger partial charge in [0.1, 0.15) is 29.6 Å². The number of fused-ring (bicyclic) bond motifs is 5. The van der Waals surface area contributed by atoms with Gasteiger partial charge in [0.25, 0.3) is 10.8 Å². The van der Waals surface area contributed by atoms with E-state index in [9.17, 15) is 42.9 Å². The quantitative estimate of drug-likeness (QED) is 0.0199. The molecule has 7 N–H and O–H groups in total. The number of nitro benzene ring substituents is 1. The van der Waals surface area contributed by atoms with Crippen molar-refractivity contribution in [2.45, 2.75) is 184 Å². The Kier molecular flexibility index (Phi) is 38.6. The molecule has 1 atom stereocenters. The highest BCUT2D eigenvalue weighted by atomic mass is 79.9. The number of ether oxygens (including phenoxy) is 1. The monoisotopic (exact) mass is 1470 g/mol. The highest BCUT2D eigenvalue weighted by molar-refractivity contribution is 9.09. The van der Waals surface area contributed by atoms with Crippen molar-refractivity contribution < 1.29 is 62.3 Å². The standard InChI is InChI=1S/C13H20N2.C11H13F2N.C11H11NO3.C11H13NO.C11H12O.C8H8Br2.C8H14O3.CO2.HNO3/c1-15(2)13-7-4-10-3-6-12(14)9-11(10)5-8-13;12-11(13)5-3-8-1-2-10(14)7-9(8)4-6-11;13-11-5-2-8-1-4-10(12(14)15)7-9(8)3-6-11;12-10-4-1-8-2-5-11(13)6-3-9(8)7-10;12-11-7-5-9-3-1-2-4-10(9)6-8-11;9-5-7-3-1-2-4-8(7)6-10;1-3-5-7(9)6-8(10)11-4-2;2-1-3;2-1(3)4/h3,6,9,13H,4-5,7-8,14H2,1-2H3;1-2,7H,3-6,14H2;1,4,7H,2-3,5-6H2;1,4,7H,2-3,5-6,12H2;1-4H,5-8H2;1-4H,5-6H2;3-6H2,1-2H3;;(H,2,3,4). The van der Waals surface area contributed by atoms with Crippen LogP contribution in [0.4, 0.5) is 31.5 Å². The zero-order valence-electron chi connectivity index (χ0n) is 55.9. The van der Waals surface area contributed by atoms with Crippen LogP contribution in [0.1, 0.15) is 164 Å². The van der Waals surface area contributed by atoms with Gasteiger partial charge in [-0.05, 0) is 208 Å². The van der Waals surface area contributed by atoms with Gasteiger partial charge in [-0.3, -0.25) is 34.1 Å². The number of ketones is 4. The average molecular weight is 1470 g/mol. The van der Waals surface area contributed by atoms with E-state index in [2.05, 4.69) is 116 Å². The summed E-state index contributed by atoms with van der Waals surface area (Å²) in [7, 11) is 4.35. The zero-order valence-corrected chi connectivity index (χ0v) is 59.1. The predicted molar refractivity (Wildman–Crippen MR) is 379 cm³/mol. The molecule has 5 aliphatic carbocycles. The lowest BCUT2D eigenvalue weighted by Gasteiger charge is -2.21. The average Bonchev–Trinajstić information content (AvgIpc) is 1.87. The fourth-order valence-electron chi connectivity index (χ4n) is 11.3. The summed E-state index contributed by atoms with van der Waals surface area (Å²) in [4.78, 5) is 92.2. The van der Waals surface area contributed by atoms with E-state index in [1.165, 1.54) is 76.3 Å². The summed E-state index contributed by atoms with van der Waals surface area (Å²) >= 11 is 6.86. The van der Waals surface area contributed by atoms with Crippen molar-refractivity contribution in [3.05, 3.63) is 208 Å². The third-order valence-corrected chi connectivity index (χ3v) is 17.8. The third kappa shape index (κ3) is 33.0. The normalized spacial score (nSPS) is 15.2. The van der Waals surface area contributed by atoms with Gasteiger partial charge < -0.3 is 32.0 Å². The van der Waals surface area contributed by atoms with E-state index in [0.717, 1.165) is 95.3 Å². The largest absolute Gasteiger partial charge is 0.466 e. The van der Waals surface area contributed by atoms with Crippen LogP contribution in [0.5, 0.6) is 0 Å². The molecule has 11 rings (SSSR count). The summed E-state index contributed by atoms with van der Waals surface area (Å²) in [6.07, 6.45) is 16.0. The van der Waals surface area contributed by atoms with Crippen LogP contribution in [-0.2, 0) is 113 Å². The van der Waals surface area contributed by atoms with Gasteiger partial charge in [0.2, 0.25) is 5.92 Å². The summed E-state index contributed by atoms with van der Waals surface area (Å²) in [5.41, 5.74) is 34.6. The number of nitrogens with zero attached hydrogens (tertiary/aromatic N) is 3. The van der Waals surface area contributed by atoms with Crippen LogP contribution in [0.25, 0.3) is 0 Å². The van der Waals surface area contributed by atoms with E-state index >= 15 is 0 Å². The molecule has 6 aromatic rings. The van der Waals surface area contributed by atoms with Crippen molar-refractivity contribution in [1.82, 2.24) is 4.90 Å². The smallest absolute Gasteiger partial charge is 0.373 e. The van der Waals surface area contributed by atoms with Crippen LogP contribution in [0, 0.1) is 20.2 Å². The number of halogens is 4. The molecule has 0 radical (unpaired) electrons. The maximum absolute atomic E-state index is 13.1. The number of non-ortho nitro benzene ring substituents is 1. The molecule has 0 heterocycles. The molecular formula is C74H92Br2F2N6O13. The van der Waals surface area contributed by atoms with Gasteiger partial charge in [0.15, 0.2) is 0 Å². The maximum atomic E-state index is 13.1. The van der Waals surface area contributed by atoms with E-state index in [0.29, 0.717) is 81.6 Å². The van der Waals surface area contributed by atoms with Crippen molar-refractivity contribution in [2.75, 3.05) is 37.9 Å². The Bertz CT molecular complexity index is 3490. The lowest BCUT2D eigenvalue weighted by molar-refractivity contribution is -0.742. The second kappa shape index (κ2) is 45.2. The molecule has 0 bridgehead atoms. The number of carbonyl (C=O) groups is 5. The number of hydrogen-bond acceptors (Lipinski definition) is 16. The molecule has 19 nitrogen and oxygen atoms in total. The molecular weight excluding hydrogens is 1380 g/mol. The molecule has 0 aliphatic heterocycles. The molecule has 0 aromatic heterocycles. The fourth-order valence-corrected chi connectivity index (χ4v) is 12.4. The number of hydrogen-bond donors (Lipinski definition) is 4. The number of aryl methyl sites for hydroxylation is 10. The minimum atomic E-state index is -2.51. The first-order chi connectivity index (χ1) is 46.2. The molecule has 97 heavy (non-hydrogen) atoms. The molecule has 6 aromatic carbocycles. The van der Waals surface area contributed by atoms with Gasteiger partial charge in [-0.1, -0.05) is 112 Å². The second-order valence-corrected chi connectivity index (χ2v) is 25.0.